The van der Waals surface area contributed by atoms with E-state index in [4.69, 9.17) is 17.3 Å². The van der Waals surface area contributed by atoms with Crippen LogP contribution in [0.4, 0.5) is 5.69 Å². The Morgan fingerprint density at radius 3 is 2.89 bits per heavy atom. The van der Waals surface area contributed by atoms with Gasteiger partial charge in [0, 0.05) is 28.9 Å². The molecule has 0 radical (unpaired) electrons. The number of amides is 1. The molecule has 6 heteroatoms. The van der Waals surface area contributed by atoms with E-state index in [1.165, 1.54) is 0 Å². The number of benzene rings is 1. The minimum Gasteiger partial charge on any atom is -0.398 e. The summed E-state index contributed by atoms with van der Waals surface area (Å²) in [5, 5.41) is 3.35. The Balaban J connectivity index is 1.90. The summed E-state index contributed by atoms with van der Waals surface area (Å²) >= 11 is 5.83. The maximum Gasteiger partial charge on any atom is 0.221 e. The Bertz CT molecular complexity index is 489. The standard InChI is InChI=1S/C12H15ClN2O2S/c13-8-1-4-10(14)11(7-8)18(17)6-5-12(16)15-9-2-3-9/h1,4,7,9H,2-3,5-6,14H2,(H,15,16). The van der Waals surface area contributed by atoms with Crippen LogP contribution in [0.25, 0.3) is 0 Å². The molecule has 0 saturated heterocycles. The first kappa shape index (κ1) is 13.4. The van der Waals surface area contributed by atoms with Gasteiger partial charge in [-0.3, -0.25) is 9.00 Å². The maximum absolute atomic E-state index is 12.0. The van der Waals surface area contributed by atoms with Crippen LogP contribution in [0.5, 0.6) is 0 Å². The van der Waals surface area contributed by atoms with Crippen LogP contribution in [0, 0.1) is 0 Å². The van der Waals surface area contributed by atoms with Gasteiger partial charge in [0.1, 0.15) is 0 Å². The van der Waals surface area contributed by atoms with Crippen molar-refractivity contribution in [1.29, 1.82) is 0 Å². The largest absolute Gasteiger partial charge is 0.398 e. The number of nitrogens with two attached hydrogens (primary N) is 1. The Morgan fingerprint density at radius 1 is 1.50 bits per heavy atom. The Hall–Kier alpha value is -1.07. The van der Waals surface area contributed by atoms with Gasteiger partial charge in [0.2, 0.25) is 5.91 Å². The summed E-state index contributed by atoms with van der Waals surface area (Å²) in [7, 11) is -1.29. The molecule has 1 unspecified atom stereocenters. The van der Waals surface area contributed by atoms with Crippen LogP contribution in [0.1, 0.15) is 19.3 Å². The second kappa shape index (κ2) is 5.71. The number of carbonyl (C=O) groups is 1. The van der Waals surface area contributed by atoms with Crippen LogP contribution in [-0.4, -0.2) is 21.9 Å². The summed E-state index contributed by atoms with van der Waals surface area (Å²) < 4.78 is 12.0. The highest BCUT2D eigenvalue weighted by atomic mass is 35.5. The summed E-state index contributed by atoms with van der Waals surface area (Å²) in [6.07, 6.45) is 2.35. The predicted molar refractivity (Wildman–Crippen MR) is 72.9 cm³/mol. The molecular formula is C12H15ClN2O2S. The SMILES string of the molecule is Nc1ccc(Cl)cc1S(=O)CCC(=O)NC1CC1. The van der Waals surface area contributed by atoms with Crippen LogP contribution in [0.3, 0.4) is 0 Å². The zero-order valence-corrected chi connectivity index (χ0v) is 11.4. The van der Waals surface area contributed by atoms with Crippen LogP contribution >= 0.6 is 11.6 Å². The quantitative estimate of drug-likeness (QED) is 0.809. The number of anilines is 1. The molecule has 0 heterocycles. The lowest BCUT2D eigenvalue weighted by Crippen LogP contribution is -2.26. The summed E-state index contributed by atoms with van der Waals surface area (Å²) in [5.74, 6) is 0.217. The van der Waals surface area contributed by atoms with E-state index in [1.54, 1.807) is 18.2 Å². The highest BCUT2D eigenvalue weighted by Gasteiger charge is 2.23. The molecule has 0 aromatic heterocycles. The first-order valence-electron chi connectivity index (χ1n) is 5.79. The average molecular weight is 287 g/mol. The molecule has 18 heavy (non-hydrogen) atoms. The molecule has 1 aliphatic rings. The van der Waals surface area contributed by atoms with Gasteiger partial charge < -0.3 is 11.1 Å². The molecule has 2 rings (SSSR count). The van der Waals surface area contributed by atoms with Gasteiger partial charge >= 0.3 is 0 Å². The van der Waals surface area contributed by atoms with Crippen molar-refractivity contribution in [3.05, 3.63) is 23.2 Å². The van der Waals surface area contributed by atoms with Gasteiger partial charge in [-0.15, -0.1) is 0 Å². The molecule has 98 valence electrons. The zero-order chi connectivity index (χ0) is 13.1. The van der Waals surface area contributed by atoms with Crippen molar-refractivity contribution in [2.45, 2.75) is 30.2 Å². The highest BCUT2D eigenvalue weighted by molar-refractivity contribution is 7.85. The van der Waals surface area contributed by atoms with Crippen molar-refractivity contribution in [1.82, 2.24) is 5.32 Å². The minimum atomic E-state index is -1.29. The monoisotopic (exact) mass is 286 g/mol. The normalized spacial score (nSPS) is 16.3. The molecule has 0 aliphatic heterocycles. The number of hydrogen-bond acceptors (Lipinski definition) is 3. The second-order valence-corrected chi connectivity index (χ2v) is 6.30. The van der Waals surface area contributed by atoms with E-state index in [9.17, 15) is 9.00 Å². The average Bonchev–Trinajstić information content (AvgIpc) is 3.13. The van der Waals surface area contributed by atoms with E-state index in [-0.39, 0.29) is 18.1 Å². The second-order valence-electron chi connectivity index (χ2n) is 4.32. The molecule has 1 amide bonds. The van der Waals surface area contributed by atoms with Crippen molar-refractivity contribution in [3.63, 3.8) is 0 Å². The Kier molecular flexibility index (Phi) is 4.24. The Labute approximate surface area is 113 Å². The summed E-state index contributed by atoms with van der Waals surface area (Å²) in [6.45, 7) is 0. The fraction of sp³-hybridized carbons (Fsp3) is 0.417. The van der Waals surface area contributed by atoms with Crippen molar-refractivity contribution < 1.29 is 9.00 Å². The van der Waals surface area contributed by atoms with E-state index in [1.807, 2.05) is 0 Å². The first-order valence-corrected chi connectivity index (χ1v) is 7.48. The zero-order valence-electron chi connectivity index (χ0n) is 9.82. The number of hydrogen-bond donors (Lipinski definition) is 2. The molecule has 0 spiro atoms. The molecule has 1 aromatic rings. The summed E-state index contributed by atoms with van der Waals surface area (Å²) in [6, 6.07) is 5.20. The lowest BCUT2D eigenvalue weighted by Gasteiger charge is -2.06. The van der Waals surface area contributed by atoms with Gasteiger partial charge in [-0.1, -0.05) is 11.6 Å². The van der Waals surface area contributed by atoms with Gasteiger partial charge in [0.05, 0.1) is 15.7 Å². The minimum absolute atomic E-state index is 0.0496. The van der Waals surface area contributed by atoms with Crippen molar-refractivity contribution >= 4 is 34.0 Å². The van der Waals surface area contributed by atoms with Gasteiger partial charge in [0.15, 0.2) is 0 Å². The number of halogens is 1. The van der Waals surface area contributed by atoms with E-state index < -0.39 is 10.8 Å². The third kappa shape index (κ3) is 3.71. The van der Waals surface area contributed by atoms with Crippen LogP contribution in [0.15, 0.2) is 23.1 Å². The predicted octanol–water partition coefficient (Wildman–Crippen LogP) is 1.70. The van der Waals surface area contributed by atoms with E-state index in [2.05, 4.69) is 5.32 Å². The lowest BCUT2D eigenvalue weighted by atomic mass is 10.3. The highest BCUT2D eigenvalue weighted by Crippen LogP contribution is 2.22. The summed E-state index contributed by atoms with van der Waals surface area (Å²) in [4.78, 5) is 12.0. The van der Waals surface area contributed by atoms with E-state index in [0.29, 0.717) is 21.6 Å². The Morgan fingerprint density at radius 2 is 2.22 bits per heavy atom. The number of rotatable bonds is 5. The van der Waals surface area contributed by atoms with Gasteiger partial charge in [0.25, 0.3) is 0 Å². The number of nitrogens with one attached hydrogen (secondary N) is 1. The van der Waals surface area contributed by atoms with E-state index in [0.717, 1.165) is 12.8 Å². The van der Waals surface area contributed by atoms with Crippen molar-refractivity contribution in [3.8, 4) is 0 Å². The fourth-order valence-corrected chi connectivity index (χ4v) is 2.95. The third-order valence-electron chi connectivity index (χ3n) is 2.68. The molecule has 4 nitrogen and oxygen atoms in total. The summed E-state index contributed by atoms with van der Waals surface area (Å²) in [5.41, 5.74) is 6.18. The molecule has 3 N–H and O–H groups in total. The molecule has 1 atom stereocenters. The fourth-order valence-electron chi connectivity index (χ4n) is 1.53. The number of nitrogen functional groups attached to an aromatic ring is 1. The molecular weight excluding hydrogens is 272 g/mol. The number of carbonyl (C=O) groups excluding carboxylic acids is 1. The molecule has 1 fully saturated rings. The van der Waals surface area contributed by atoms with E-state index >= 15 is 0 Å². The first-order chi connectivity index (χ1) is 8.56. The maximum atomic E-state index is 12.0. The van der Waals surface area contributed by atoms with Crippen LogP contribution in [0.2, 0.25) is 5.02 Å². The van der Waals surface area contributed by atoms with Crippen molar-refractivity contribution in [2.24, 2.45) is 0 Å². The van der Waals surface area contributed by atoms with Crippen molar-refractivity contribution in [2.75, 3.05) is 11.5 Å². The van der Waals surface area contributed by atoms with Crippen LogP contribution in [-0.2, 0) is 15.6 Å². The molecule has 1 saturated carbocycles. The molecule has 0 bridgehead atoms. The lowest BCUT2D eigenvalue weighted by molar-refractivity contribution is -0.120. The smallest absolute Gasteiger partial charge is 0.221 e. The van der Waals surface area contributed by atoms with Gasteiger partial charge in [-0.25, -0.2) is 0 Å². The molecule has 1 aliphatic carbocycles. The third-order valence-corrected chi connectivity index (χ3v) is 4.33. The molecule has 1 aromatic carbocycles. The van der Waals surface area contributed by atoms with Gasteiger partial charge in [-0.2, -0.15) is 0 Å². The van der Waals surface area contributed by atoms with Gasteiger partial charge in [-0.05, 0) is 31.0 Å². The van der Waals surface area contributed by atoms with Crippen LogP contribution < -0.4 is 11.1 Å². The topological polar surface area (TPSA) is 72.2 Å².